The zero-order valence-corrected chi connectivity index (χ0v) is 14.3. The monoisotopic (exact) mass is 346 g/mol. The average Bonchev–Trinajstić information content (AvgIpc) is 3.32. The highest BCUT2D eigenvalue weighted by atomic mass is 16.5. The molecule has 1 N–H and O–H groups in total. The lowest BCUT2D eigenvalue weighted by atomic mass is 10.00. The molecule has 6 heteroatoms. The van der Waals surface area contributed by atoms with Gasteiger partial charge in [0.05, 0.1) is 18.8 Å². The van der Waals surface area contributed by atoms with Crippen LogP contribution in [0.3, 0.4) is 0 Å². The fourth-order valence-corrected chi connectivity index (χ4v) is 2.86. The normalized spacial score (nSPS) is 11.0. The summed E-state index contributed by atoms with van der Waals surface area (Å²) in [6.07, 6.45) is 1.87. The van der Waals surface area contributed by atoms with Crippen molar-refractivity contribution in [3.8, 4) is 33.8 Å². The van der Waals surface area contributed by atoms with Crippen molar-refractivity contribution >= 4 is 0 Å². The Kier molecular flexibility index (Phi) is 4.33. The van der Waals surface area contributed by atoms with Crippen LogP contribution in [0.5, 0.6) is 0 Å². The third kappa shape index (κ3) is 3.27. The van der Waals surface area contributed by atoms with E-state index in [1.54, 1.807) is 11.6 Å². The van der Waals surface area contributed by atoms with Crippen LogP contribution in [0.4, 0.5) is 0 Å². The van der Waals surface area contributed by atoms with Gasteiger partial charge in [-0.25, -0.2) is 0 Å². The number of hydrogen-bond acceptors (Lipinski definition) is 5. The van der Waals surface area contributed by atoms with Gasteiger partial charge in [-0.15, -0.1) is 0 Å². The van der Waals surface area contributed by atoms with Crippen LogP contribution in [0.15, 0.2) is 65.3 Å². The molecule has 0 radical (unpaired) electrons. The Morgan fingerprint density at radius 2 is 1.65 bits per heavy atom. The van der Waals surface area contributed by atoms with E-state index in [2.05, 4.69) is 33.4 Å². The van der Waals surface area contributed by atoms with Gasteiger partial charge in [-0.05, 0) is 29.3 Å². The zero-order chi connectivity index (χ0) is 17.9. The van der Waals surface area contributed by atoms with Gasteiger partial charge < -0.3 is 9.63 Å². The molecule has 0 aliphatic carbocycles. The highest BCUT2D eigenvalue weighted by Crippen LogP contribution is 2.28. The first-order valence-electron chi connectivity index (χ1n) is 8.39. The van der Waals surface area contributed by atoms with Crippen molar-refractivity contribution in [1.82, 2.24) is 19.9 Å². The van der Waals surface area contributed by atoms with Crippen LogP contribution in [0, 0.1) is 6.92 Å². The van der Waals surface area contributed by atoms with E-state index in [0.29, 0.717) is 18.3 Å². The molecule has 2 heterocycles. The molecule has 0 unspecified atom stereocenters. The topological polar surface area (TPSA) is 77.0 Å². The molecule has 2 aromatic carbocycles. The van der Waals surface area contributed by atoms with Crippen LogP contribution in [0.2, 0.25) is 0 Å². The van der Waals surface area contributed by atoms with Crippen LogP contribution in [-0.2, 0) is 6.54 Å². The Morgan fingerprint density at radius 1 is 0.962 bits per heavy atom. The summed E-state index contributed by atoms with van der Waals surface area (Å²) in [6, 6.07) is 18.2. The van der Waals surface area contributed by atoms with Crippen molar-refractivity contribution in [2.45, 2.75) is 13.5 Å². The van der Waals surface area contributed by atoms with Gasteiger partial charge in [0.25, 0.3) is 0 Å². The molecule has 0 saturated heterocycles. The maximum Gasteiger partial charge on any atom is 0.223 e. The molecule has 6 nitrogen and oxygen atoms in total. The number of aliphatic hydroxyl groups is 1. The minimum Gasteiger partial charge on any atom is -0.394 e. The van der Waals surface area contributed by atoms with Gasteiger partial charge in [0.2, 0.25) is 11.7 Å². The second-order valence-electron chi connectivity index (χ2n) is 5.99. The Bertz CT molecular complexity index is 1040. The molecule has 4 aromatic rings. The number of aromatic nitrogens is 4. The predicted octanol–water partition coefficient (Wildman–Crippen LogP) is 3.57. The first kappa shape index (κ1) is 16.2. The molecule has 0 saturated carbocycles. The van der Waals surface area contributed by atoms with E-state index in [4.69, 9.17) is 9.63 Å². The van der Waals surface area contributed by atoms with E-state index in [0.717, 1.165) is 27.9 Å². The van der Waals surface area contributed by atoms with Gasteiger partial charge >= 0.3 is 0 Å². The maximum atomic E-state index is 9.04. The summed E-state index contributed by atoms with van der Waals surface area (Å²) in [6.45, 7) is 2.34. The van der Waals surface area contributed by atoms with Crippen molar-refractivity contribution in [1.29, 1.82) is 0 Å². The van der Waals surface area contributed by atoms with Gasteiger partial charge in [-0.1, -0.05) is 41.6 Å². The molecule has 0 aliphatic rings. The van der Waals surface area contributed by atoms with Crippen LogP contribution < -0.4 is 0 Å². The molecule has 4 rings (SSSR count). The van der Waals surface area contributed by atoms with Gasteiger partial charge in [0, 0.05) is 24.2 Å². The standard InChI is InChI=1S/C20H18N4O2/c1-14-21-20(23-26-14)18-7-3-5-16(13-18)15-4-2-6-17(12-15)19-8-9-24(22-19)10-11-25/h2-9,12-13,25H,10-11H2,1H3. The van der Waals surface area contributed by atoms with E-state index in [-0.39, 0.29) is 6.61 Å². The lowest BCUT2D eigenvalue weighted by molar-refractivity contribution is 0.269. The smallest absolute Gasteiger partial charge is 0.223 e. The van der Waals surface area contributed by atoms with Crippen molar-refractivity contribution in [3.05, 3.63) is 66.7 Å². The molecule has 26 heavy (non-hydrogen) atoms. The van der Waals surface area contributed by atoms with Crippen LogP contribution >= 0.6 is 0 Å². The fraction of sp³-hybridized carbons (Fsp3) is 0.150. The van der Waals surface area contributed by atoms with E-state index in [1.807, 2.05) is 42.6 Å². The second-order valence-corrected chi connectivity index (χ2v) is 5.99. The minimum atomic E-state index is 0.0729. The molecule has 0 aliphatic heterocycles. The summed E-state index contributed by atoms with van der Waals surface area (Å²) in [4.78, 5) is 4.29. The van der Waals surface area contributed by atoms with Crippen LogP contribution in [-0.4, -0.2) is 31.6 Å². The Labute approximate surface area is 150 Å². The summed E-state index contributed by atoms with van der Waals surface area (Å²) < 4.78 is 6.81. The highest BCUT2D eigenvalue weighted by Gasteiger charge is 2.09. The van der Waals surface area contributed by atoms with Gasteiger partial charge in [-0.2, -0.15) is 10.1 Å². The third-order valence-electron chi connectivity index (χ3n) is 4.11. The van der Waals surface area contributed by atoms with E-state index < -0.39 is 0 Å². The fourth-order valence-electron chi connectivity index (χ4n) is 2.86. The number of aryl methyl sites for hydroxylation is 1. The number of benzene rings is 2. The molecule has 0 bridgehead atoms. The number of hydrogen-bond donors (Lipinski definition) is 1. The molecular weight excluding hydrogens is 328 g/mol. The molecule has 2 aromatic heterocycles. The summed E-state index contributed by atoms with van der Waals surface area (Å²) >= 11 is 0. The quantitative estimate of drug-likeness (QED) is 0.598. The molecule has 0 amide bonds. The Morgan fingerprint density at radius 3 is 2.35 bits per heavy atom. The summed E-state index contributed by atoms with van der Waals surface area (Å²) in [5.74, 6) is 1.13. The molecule has 0 spiro atoms. The first-order chi connectivity index (χ1) is 12.7. The number of aliphatic hydroxyl groups excluding tert-OH is 1. The van der Waals surface area contributed by atoms with E-state index >= 15 is 0 Å². The Hall–Kier alpha value is -3.25. The van der Waals surface area contributed by atoms with Crippen molar-refractivity contribution in [2.24, 2.45) is 0 Å². The average molecular weight is 346 g/mol. The van der Waals surface area contributed by atoms with Crippen molar-refractivity contribution in [2.75, 3.05) is 6.61 Å². The zero-order valence-electron chi connectivity index (χ0n) is 14.3. The second kappa shape index (κ2) is 6.93. The van der Waals surface area contributed by atoms with Gasteiger partial charge in [0.1, 0.15) is 0 Å². The maximum absolute atomic E-state index is 9.04. The van der Waals surface area contributed by atoms with Gasteiger partial charge in [-0.3, -0.25) is 4.68 Å². The largest absolute Gasteiger partial charge is 0.394 e. The van der Waals surface area contributed by atoms with Crippen molar-refractivity contribution in [3.63, 3.8) is 0 Å². The molecule has 0 fully saturated rings. The van der Waals surface area contributed by atoms with E-state index in [1.165, 1.54) is 0 Å². The Balaban J connectivity index is 1.68. The minimum absolute atomic E-state index is 0.0729. The summed E-state index contributed by atoms with van der Waals surface area (Å²) in [5, 5.41) is 17.5. The summed E-state index contributed by atoms with van der Waals surface area (Å²) in [7, 11) is 0. The third-order valence-corrected chi connectivity index (χ3v) is 4.11. The predicted molar refractivity (Wildman–Crippen MR) is 98.2 cm³/mol. The molecule has 130 valence electrons. The lowest BCUT2D eigenvalue weighted by Crippen LogP contribution is -2.02. The number of nitrogens with zero attached hydrogens (tertiary/aromatic N) is 4. The van der Waals surface area contributed by atoms with Crippen LogP contribution in [0.25, 0.3) is 33.8 Å². The van der Waals surface area contributed by atoms with E-state index in [9.17, 15) is 0 Å². The van der Waals surface area contributed by atoms with Crippen molar-refractivity contribution < 1.29 is 9.63 Å². The SMILES string of the molecule is Cc1nc(-c2cccc(-c3cccc(-c4ccn(CCO)n4)c3)c2)no1. The molecule has 0 atom stereocenters. The molecular formula is C20H18N4O2. The number of rotatable bonds is 5. The highest BCUT2D eigenvalue weighted by molar-refractivity contribution is 5.74. The first-order valence-corrected chi connectivity index (χ1v) is 8.39. The lowest BCUT2D eigenvalue weighted by Gasteiger charge is -2.06. The summed E-state index contributed by atoms with van der Waals surface area (Å²) in [5.41, 5.74) is 4.98. The van der Waals surface area contributed by atoms with Gasteiger partial charge in [0.15, 0.2) is 0 Å². The van der Waals surface area contributed by atoms with Crippen LogP contribution in [0.1, 0.15) is 5.89 Å².